The van der Waals surface area contributed by atoms with E-state index in [0.717, 1.165) is 0 Å². The van der Waals surface area contributed by atoms with Crippen LogP contribution in [0.5, 0.6) is 5.75 Å². The van der Waals surface area contributed by atoms with E-state index in [2.05, 4.69) is 4.98 Å². The number of para-hydroxylation sites is 1. The first-order valence-corrected chi connectivity index (χ1v) is 5.39. The molecule has 0 saturated heterocycles. The third kappa shape index (κ3) is 2.00. The van der Waals surface area contributed by atoms with Crippen molar-refractivity contribution in [3.8, 4) is 5.75 Å². The molecule has 1 N–H and O–H groups in total. The molecule has 2 rings (SSSR count). The number of hydrogen-bond donors (Lipinski definition) is 1. The average Bonchev–Trinajstić information content (AvgIpc) is 2.39. The van der Waals surface area contributed by atoms with Crippen molar-refractivity contribution in [2.75, 3.05) is 20.8 Å². The van der Waals surface area contributed by atoms with Crippen molar-refractivity contribution >= 4 is 16.7 Å². The van der Waals surface area contributed by atoms with Crippen LogP contribution in [0.1, 0.15) is 10.4 Å². The number of methoxy groups -OCH3 is 2. The molecule has 1 aromatic carbocycles. The number of ketones is 1. The van der Waals surface area contributed by atoms with Gasteiger partial charge in [0.05, 0.1) is 23.6 Å². The highest BCUT2D eigenvalue weighted by molar-refractivity contribution is 6.00. The van der Waals surface area contributed by atoms with Crippen LogP contribution in [-0.2, 0) is 4.74 Å². The first-order chi connectivity index (χ1) is 8.69. The molecule has 1 heterocycles. The molecule has 5 nitrogen and oxygen atoms in total. The summed E-state index contributed by atoms with van der Waals surface area (Å²) in [6.45, 7) is -0.113. The molecule has 94 valence electrons. The summed E-state index contributed by atoms with van der Waals surface area (Å²) >= 11 is 0. The summed E-state index contributed by atoms with van der Waals surface area (Å²) < 4.78 is 9.89. The zero-order valence-electron chi connectivity index (χ0n) is 10.1. The topological polar surface area (TPSA) is 68.4 Å². The van der Waals surface area contributed by atoms with Crippen molar-refractivity contribution < 1.29 is 14.3 Å². The Kier molecular flexibility index (Phi) is 3.43. The number of carbonyl (C=O) groups excluding carboxylic acids is 1. The highest BCUT2D eigenvalue weighted by atomic mass is 16.5. The predicted octanol–water partition coefficient (Wildman–Crippen LogP) is 1.37. The molecule has 0 atom stereocenters. The number of aromatic nitrogens is 1. The van der Waals surface area contributed by atoms with E-state index < -0.39 is 0 Å². The van der Waals surface area contributed by atoms with E-state index in [4.69, 9.17) is 9.47 Å². The van der Waals surface area contributed by atoms with Gasteiger partial charge in [-0.2, -0.15) is 0 Å². The Morgan fingerprint density at radius 3 is 2.78 bits per heavy atom. The third-order valence-electron chi connectivity index (χ3n) is 2.67. The lowest BCUT2D eigenvalue weighted by Gasteiger charge is -2.06. The van der Waals surface area contributed by atoms with Gasteiger partial charge in [0.25, 0.3) is 0 Å². The van der Waals surface area contributed by atoms with Crippen molar-refractivity contribution in [2.45, 2.75) is 0 Å². The highest BCUT2D eigenvalue weighted by Crippen LogP contribution is 2.20. The number of aromatic amines is 1. The molecule has 0 aliphatic rings. The van der Waals surface area contributed by atoms with Gasteiger partial charge in [-0.05, 0) is 12.1 Å². The molecule has 0 unspecified atom stereocenters. The standard InChI is InChI=1S/C13H13NO4/c1-17-7-10(15)9-6-14-12-8(13(9)16)4-3-5-11(12)18-2/h3-6H,7H2,1-2H3,(H,14,16). The van der Waals surface area contributed by atoms with Crippen molar-refractivity contribution in [1.82, 2.24) is 4.98 Å². The minimum absolute atomic E-state index is 0.0950. The molecule has 0 aliphatic heterocycles. The minimum atomic E-state index is -0.344. The summed E-state index contributed by atoms with van der Waals surface area (Å²) in [6, 6.07) is 5.11. The van der Waals surface area contributed by atoms with E-state index in [1.165, 1.54) is 20.4 Å². The molecule has 0 amide bonds. The van der Waals surface area contributed by atoms with Crippen LogP contribution in [0, 0.1) is 0 Å². The van der Waals surface area contributed by atoms with Gasteiger partial charge in [-0.25, -0.2) is 0 Å². The third-order valence-corrected chi connectivity index (χ3v) is 2.67. The lowest BCUT2D eigenvalue weighted by atomic mass is 10.1. The largest absolute Gasteiger partial charge is 0.495 e. The molecule has 0 aliphatic carbocycles. The normalized spacial score (nSPS) is 10.6. The van der Waals surface area contributed by atoms with Gasteiger partial charge in [0, 0.05) is 13.3 Å². The number of pyridine rings is 1. The number of H-pyrrole nitrogens is 1. The quantitative estimate of drug-likeness (QED) is 0.828. The van der Waals surface area contributed by atoms with Crippen LogP contribution in [0.3, 0.4) is 0 Å². The van der Waals surface area contributed by atoms with Crippen LogP contribution in [0.25, 0.3) is 10.9 Å². The molecule has 0 bridgehead atoms. The smallest absolute Gasteiger partial charge is 0.200 e. The Morgan fingerprint density at radius 2 is 2.11 bits per heavy atom. The summed E-state index contributed by atoms with van der Waals surface area (Å²) in [5.74, 6) is 0.221. The van der Waals surface area contributed by atoms with Gasteiger partial charge < -0.3 is 14.5 Å². The lowest BCUT2D eigenvalue weighted by molar-refractivity contribution is 0.0847. The second kappa shape index (κ2) is 5.01. The van der Waals surface area contributed by atoms with E-state index in [9.17, 15) is 9.59 Å². The number of hydrogen-bond acceptors (Lipinski definition) is 4. The first-order valence-electron chi connectivity index (χ1n) is 5.39. The second-order valence-electron chi connectivity index (χ2n) is 3.77. The molecule has 18 heavy (non-hydrogen) atoms. The Labute approximate surface area is 103 Å². The monoisotopic (exact) mass is 247 g/mol. The molecular weight excluding hydrogens is 234 g/mol. The van der Waals surface area contributed by atoms with E-state index in [-0.39, 0.29) is 23.4 Å². The highest BCUT2D eigenvalue weighted by Gasteiger charge is 2.14. The van der Waals surface area contributed by atoms with E-state index >= 15 is 0 Å². The maximum absolute atomic E-state index is 12.2. The van der Waals surface area contributed by atoms with E-state index in [0.29, 0.717) is 16.7 Å². The van der Waals surface area contributed by atoms with E-state index in [1.54, 1.807) is 18.2 Å². The van der Waals surface area contributed by atoms with E-state index in [1.807, 2.05) is 0 Å². The summed E-state index contributed by atoms with van der Waals surface area (Å²) in [6.07, 6.45) is 1.40. The van der Waals surface area contributed by atoms with Crippen molar-refractivity contribution in [3.05, 3.63) is 40.2 Å². The number of nitrogens with one attached hydrogen (secondary N) is 1. The molecule has 5 heteroatoms. The number of carbonyl (C=O) groups is 1. The zero-order chi connectivity index (χ0) is 13.1. The first kappa shape index (κ1) is 12.3. The molecular formula is C13H13NO4. The second-order valence-corrected chi connectivity index (χ2v) is 3.77. The molecule has 0 saturated carbocycles. The van der Waals surface area contributed by atoms with Gasteiger partial charge in [-0.15, -0.1) is 0 Å². The van der Waals surface area contributed by atoms with Crippen LogP contribution >= 0.6 is 0 Å². The van der Waals surface area contributed by atoms with Crippen LogP contribution in [-0.4, -0.2) is 31.6 Å². The summed E-state index contributed by atoms with van der Waals surface area (Å²) in [4.78, 5) is 26.8. The van der Waals surface area contributed by atoms with Gasteiger partial charge in [0.15, 0.2) is 11.2 Å². The average molecular weight is 247 g/mol. The number of benzene rings is 1. The fourth-order valence-corrected chi connectivity index (χ4v) is 1.81. The van der Waals surface area contributed by atoms with Crippen LogP contribution in [0.2, 0.25) is 0 Å². The van der Waals surface area contributed by atoms with Crippen molar-refractivity contribution in [1.29, 1.82) is 0 Å². The molecule has 2 aromatic rings. The zero-order valence-corrected chi connectivity index (χ0v) is 10.1. The molecule has 1 aromatic heterocycles. The molecule has 0 radical (unpaired) electrons. The maximum atomic E-state index is 12.2. The predicted molar refractivity (Wildman–Crippen MR) is 67.3 cm³/mol. The van der Waals surface area contributed by atoms with Gasteiger partial charge >= 0.3 is 0 Å². The minimum Gasteiger partial charge on any atom is -0.495 e. The fourth-order valence-electron chi connectivity index (χ4n) is 1.81. The lowest BCUT2D eigenvalue weighted by Crippen LogP contribution is -2.19. The number of Topliss-reactive ketones (excluding diaryl/α,β-unsaturated/α-hetero) is 1. The van der Waals surface area contributed by atoms with Crippen LogP contribution in [0.15, 0.2) is 29.2 Å². The van der Waals surface area contributed by atoms with Gasteiger partial charge in [0.1, 0.15) is 12.4 Å². The van der Waals surface area contributed by atoms with Gasteiger partial charge in [-0.1, -0.05) is 6.07 Å². The Bertz CT molecular complexity index is 645. The Balaban J connectivity index is 2.65. The summed E-state index contributed by atoms with van der Waals surface area (Å²) in [5.41, 5.74) is 0.362. The van der Waals surface area contributed by atoms with Crippen molar-refractivity contribution in [3.63, 3.8) is 0 Å². The Hall–Kier alpha value is -2.14. The Morgan fingerprint density at radius 1 is 1.33 bits per heavy atom. The fraction of sp³-hybridized carbons (Fsp3) is 0.231. The van der Waals surface area contributed by atoms with Crippen molar-refractivity contribution in [2.24, 2.45) is 0 Å². The summed E-state index contributed by atoms with van der Waals surface area (Å²) in [7, 11) is 2.94. The molecule has 0 fully saturated rings. The maximum Gasteiger partial charge on any atom is 0.200 e. The number of rotatable bonds is 4. The molecule has 0 spiro atoms. The number of fused-ring (bicyclic) bond motifs is 1. The summed E-state index contributed by atoms with van der Waals surface area (Å²) in [5, 5.41) is 0.427. The van der Waals surface area contributed by atoms with Crippen LogP contribution in [0.4, 0.5) is 0 Å². The van der Waals surface area contributed by atoms with Gasteiger partial charge in [0.2, 0.25) is 0 Å². The SMILES string of the molecule is COCC(=O)c1c[nH]c2c(OC)cccc2c1=O. The number of ether oxygens (including phenoxy) is 2. The van der Waals surface area contributed by atoms with Gasteiger partial charge in [-0.3, -0.25) is 9.59 Å². The van der Waals surface area contributed by atoms with Crippen LogP contribution < -0.4 is 10.2 Å².